The standard InChI is InChI=1S/C23H43N3/c1-19(2)15-23(5-6-23)18-24-11-13-26(14-12-24)21-16-22(17-21)7-9-25(10-8-22)20(3)4/h19-21H,5-18H2,1-4H3/p+1. The molecule has 0 amide bonds. The van der Waals surface area contributed by atoms with Gasteiger partial charge in [0.05, 0.1) is 19.1 Å². The molecule has 4 rings (SSSR count). The second-order valence-corrected chi connectivity index (χ2v) is 11.3. The van der Waals surface area contributed by atoms with E-state index in [1.54, 1.807) is 0 Å². The molecule has 2 saturated carbocycles. The van der Waals surface area contributed by atoms with Crippen LogP contribution in [0.1, 0.15) is 72.6 Å². The molecule has 3 nitrogen and oxygen atoms in total. The molecule has 0 bridgehead atoms. The van der Waals surface area contributed by atoms with Gasteiger partial charge in [-0.1, -0.05) is 13.8 Å². The quantitative estimate of drug-likeness (QED) is 0.779. The van der Waals surface area contributed by atoms with E-state index in [0.29, 0.717) is 0 Å². The van der Waals surface area contributed by atoms with Crippen molar-refractivity contribution < 1.29 is 4.90 Å². The number of nitrogens with one attached hydrogen (secondary N) is 1. The zero-order chi connectivity index (χ0) is 18.4. The van der Waals surface area contributed by atoms with Crippen LogP contribution in [0.25, 0.3) is 0 Å². The van der Waals surface area contributed by atoms with Crippen LogP contribution in [0.3, 0.4) is 0 Å². The third-order valence-electron chi connectivity index (χ3n) is 8.38. The van der Waals surface area contributed by atoms with Gasteiger partial charge in [-0.25, -0.2) is 0 Å². The van der Waals surface area contributed by atoms with Gasteiger partial charge in [-0.15, -0.1) is 0 Å². The SMILES string of the molecule is CC(C)CC1(CN2CC[NH+](C3CC4(CCN(C(C)C)CC4)C3)CC2)CC1. The molecule has 1 N–H and O–H groups in total. The minimum Gasteiger partial charge on any atom is -0.330 e. The summed E-state index contributed by atoms with van der Waals surface area (Å²) in [6.07, 6.45) is 10.5. The fourth-order valence-electron chi connectivity index (χ4n) is 6.55. The van der Waals surface area contributed by atoms with Crippen LogP contribution in [-0.2, 0) is 0 Å². The van der Waals surface area contributed by atoms with Crippen LogP contribution in [0.5, 0.6) is 0 Å². The highest BCUT2D eigenvalue weighted by Gasteiger charge is 2.51. The lowest BCUT2D eigenvalue weighted by Crippen LogP contribution is -3.19. The molecular weight excluding hydrogens is 318 g/mol. The predicted molar refractivity (Wildman–Crippen MR) is 110 cm³/mol. The molecule has 2 aliphatic carbocycles. The molecule has 0 radical (unpaired) electrons. The smallest absolute Gasteiger partial charge is 0.0902 e. The lowest BCUT2D eigenvalue weighted by atomic mass is 9.60. The van der Waals surface area contributed by atoms with Crippen molar-refractivity contribution in [1.29, 1.82) is 0 Å². The average Bonchev–Trinajstić information content (AvgIpc) is 3.31. The van der Waals surface area contributed by atoms with Gasteiger partial charge in [-0.2, -0.15) is 0 Å². The Morgan fingerprint density at radius 2 is 1.50 bits per heavy atom. The number of piperazine rings is 1. The Kier molecular flexibility index (Phi) is 5.44. The summed E-state index contributed by atoms with van der Waals surface area (Å²) in [5, 5.41) is 0. The van der Waals surface area contributed by atoms with Gasteiger partial charge in [0.25, 0.3) is 0 Å². The number of likely N-dealkylation sites (tertiary alicyclic amines) is 1. The highest BCUT2D eigenvalue weighted by Crippen LogP contribution is 2.51. The van der Waals surface area contributed by atoms with Crippen molar-refractivity contribution in [2.45, 2.75) is 84.7 Å². The molecule has 3 heteroatoms. The summed E-state index contributed by atoms with van der Waals surface area (Å²) in [6.45, 7) is 19.2. The summed E-state index contributed by atoms with van der Waals surface area (Å²) < 4.78 is 0. The molecule has 4 fully saturated rings. The van der Waals surface area contributed by atoms with Crippen LogP contribution in [0, 0.1) is 16.7 Å². The van der Waals surface area contributed by atoms with E-state index in [-0.39, 0.29) is 0 Å². The summed E-state index contributed by atoms with van der Waals surface area (Å²) >= 11 is 0. The second-order valence-electron chi connectivity index (χ2n) is 11.3. The van der Waals surface area contributed by atoms with E-state index in [4.69, 9.17) is 0 Å². The first-order valence-electron chi connectivity index (χ1n) is 11.7. The maximum Gasteiger partial charge on any atom is 0.0902 e. The fourth-order valence-corrected chi connectivity index (χ4v) is 6.55. The summed E-state index contributed by atoms with van der Waals surface area (Å²) in [5.41, 5.74) is 1.46. The molecule has 1 spiro atoms. The van der Waals surface area contributed by atoms with E-state index in [1.807, 2.05) is 4.90 Å². The maximum absolute atomic E-state index is 2.81. The van der Waals surface area contributed by atoms with Crippen molar-refractivity contribution in [1.82, 2.24) is 9.80 Å². The third kappa shape index (κ3) is 4.15. The predicted octanol–water partition coefficient (Wildman–Crippen LogP) is 2.67. The van der Waals surface area contributed by atoms with Crippen LogP contribution < -0.4 is 4.90 Å². The van der Waals surface area contributed by atoms with Crippen molar-refractivity contribution in [3.8, 4) is 0 Å². The Morgan fingerprint density at radius 1 is 0.885 bits per heavy atom. The molecule has 150 valence electrons. The molecule has 0 aromatic heterocycles. The summed E-state index contributed by atoms with van der Waals surface area (Å²) in [5.74, 6) is 0.873. The van der Waals surface area contributed by atoms with Gasteiger partial charge in [-0.05, 0) is 75.8 Å². The Morgan fingerprint density at radius 3 is 2.00 bits per heavy atom. The van der Waals surface area contributed by atoms with E-state index < -0.39 is 0 Å². The summed E-state index contributed by atoms with van der Waals surface area (Å²) in [4.78, 5) is 7.45. The number of rotatable bonds is 6. The Bertz CT molecular complexity index is 458. The van der Waals surface area contributed by atoms with Gasteiger partial charge in [0.2, 0.25) is 0 Å². The van der Waals surface area contributed by atoms with Gasteiger partial charge < -0.3 is 9.80 Å². The van der Waals surface area contributed by atoms with E-state index in [2.05, 4.69) is 37.5 Å². The number of quaternary nitrogens is 1. The Hall–Kier alpha value is -0.120. The maximum atomic E-state index is 2.81. The monoisotopic (exact) mass is 362 g/mol. The fraction of sp³-hybridized carbons (Fsp3) is 1.00. The van der Waals surface area contributed by atoms with Gasteiger partial charge in [0.1, 0.15) is 0 Å². The largest absolute Gasteiger partial charge is 0.330 e. The molecule has 0 unspecified atom stereocenters. The molecule has 26 heavy (non-hydrogen) atoms. The minimum absolute atomic E-state index is 0.719. The zero-order valence-corrected chi connectivity index (χ0v) is 18.0. The topological polar surface area (TPSA) is 10.9 Å². The van der Waals surface area contributed by atoms with Crippen molar-refractivity contribution >= 4 is 0 Å². The number of piperidine rings is 1. The zero-order valence-electron chi connectivity index (χ0n) is 18.0. The van der Waals surface area contributed by atoms with Crippen molar-refractivity contribution in [2.75, 3.05) is 45.8 Å². The first kappa shape index (κ1) is 19.2. The number of hydrogen-bond donors (Lipinski definition) is 1. The van der Waals surface area contributed by atoms with Crippen molar-refractivity contribution in [2.24, 2.45) is 16.7 Å². The van der Waals surface area contributed by atoms with Crippen molar-refractivity contribution in [3.63, 3.8) is 0 Å². The van der Waals surface area contributed by atoms with Crippen molar-refractivity contribution in [3.05, 3.63) is 0 Å². The molecule has 4 aliphatic rings. The first-order valence-corrected chi connectivity index (χ1v) is 11.7. The first-order chi connectivity index (χ1) is 12.4. The molecule has 2 saturated heterocycles. The van der Waals surface area contributed by atoms with Crippen LogP contribution in [0.2, 0.25) is 0 Å². The molecule has 2 aliphatic heterocycles. The van der Waals surface area contributed by atoms with E-state index in [0.717, 1.165) is 28.8 Å². The highest BCUT2D eigenvalue weighted by atomic mass is 15.3. The van der Waals surface area contributed by atoms with Crippen LogP contribution in [-0.4, -0.2) is 67.7 Å². The van der Waals surface area contributed by atoms with Crippen LogP contribution in [0.4, 0.5) is 0 Å². The molecule has 0 aromatic carbocycles. The minimum atomic E-state index is 0.719. The highest BCUT2D eigenvalue weighted by molar-refractivity contribution is 4.99. The molecular formula is C23H44N3+. The lowest BCUT2D eigenvalue weighted by Gasteiger charge is -2.54. The molecule has 0 aromatic rings. The normalized spacial score (nSPS) is 30.2. The number of hydrogen-bond acceptors (Lipinski definition) is 2. The molecule has 2 heterocycles. The lowest BCUT2D eigenvalue weighted by molar-refractivity contribution is -0.938. The van der Waals surface area contributed by atoms with Gasteiger partial charge >= 0.3 is 0 Å². The van der Waals surface area contributed by atoms with Gasteiger partial charge in [0, 0.05) is 38.5 Å². The second kappa shape index (κ2) is 7.37. The number of nitrogens with zero attached hydrogens (tertiary/aromatic N) is 2. The van der Waals surface area contributed by atoms with Crippen LogP contribution >= 0.6 is 0 Å². The van der Waals surface area contributed by atoms with Gasteiger partial charge in [-0.3, -0.25) is 4.90 Å². The summed E-state index contributed by atoms with van der Waals surface area (Å²) in [7, 11) is 0. The molecule has 0 atom stereocenters. The van der Waals surface area contributed by atoms with E-state index in [1.165, 1.54) is 90.8 Å². The third-order valence-corrected chi connectivity index (χ3v) is 8.38. The van der Waals surface area contributed by atoms with Crippen LogP contribution in [0.15, 0.2) is 0 Å². The Labute approximate surface area is 162 Å². The van der Waals surface area contributed by atoms with E-state index in [9.17, 15) is 0 Å². The van der Waals surface area contributed by atoms with E-state index >= 15 is 0 Å². The average molecular weight is 363 g/mol. The Balaban J connectivity index is 1.18. The summed E-state index contributed by atoms with van der Waals surface area (Å²) in [6, 6.07) is 1.74. The van der Waals surface area contributed by atoms with Gasteiger partial charge in [0.15, 0.2) is 0 Å².